The summed E-state index contributed by atoms with van der Waals surface area (Å²) in [5, 5.41) is 21.3. The largest absolute Gasteiger partial charge is 0.504 e. The van der Waals surface area contributed by atoms with Crippen LogP contribution in [0.5, 0.6) is 17.2 Å². The van der Waals surface area contributed by atoms with E-state index in [2.05, 4.69) is 27.9 Å². The predicted molar refractivity (Wildman–Crippen MR) is 91.1 cm³/mol. The molecule has 0 unspecified atom stereocenters. The SMILES string of the molecule is O=C(COc1ccc(I)cc1)NCCc1ccc(O)c(O)c1. The van der Waals surface area contributed by atoms with Gasteiger partial charge >= 0.3 is 0 Å². The Kier molecular flexibility index (Phi) is 5.88. The Bertz CT molecular complexity index is 643. The second kappa shape index (κ2) is 7.88. The van der Waals surface area contributed by atoms with Gasteiger partial charge in [-0.3, -0.25) is 4.79 Å². The van der Waals surface area contributed by atoms with Crippen LogP contribution in [0, 0.1) is 3.57 Å². The lowest BCUT2D eigenvalue weighted by atomic mass is 10.1. The summed E-state index contributed by atoms with van der Waals surface area (Å²) in [6.45, 7) is 0.389. The van der Waals surface area contributed by atoms with E-state index in [-0.39, 0.29) is 24.0 Å². The van der Waals surface area contributed by atoms with E-state index in [1.54, 1.807) is 6.07 Å². The van der Waals surface area contributed by atoms with Gasteiger partial charge in [-0.25, -0.2) is 0 Å². The molecule has 2 rings (SSSR count). The Hall–Kier alpha value is -1.96. The minimum atomic E-state index is -0.207. The molecule has 0 heterocycles. The maximum atomic E-state index is 11.7. The van der Waals surface area contributed by atoms with Gasteiger partial charge in [0.05, 0.1) is 0 Å². The second-order valence-electron chi connectivity index (χ2n) is 4.67. The maximum Gasteiger partial charge on any atom is 0.257 e. The van der Waals surface area contributed by atoms with Gasteiger partial charge in [0.15, 0.2) is 18.1 Å². The van der Waals surface area contributed by atoms with E-state index in [0.717, 1.165) is 9.13 Å². The number of ether oxygens (including phenoxy) is 1. The molecule has 0 bridgehead atoms. The first-order chi connectivity index (χ1) is 10.5. The molecule has 0 aliphatic heterocycles. The van der Waals surface area contributed by atoms with Crippen LogP contribution < -0.4 is 10.1 Å². The van der Waals surface area contributed by atoms with Crippen molar-refractivity contribution >= 4 is 28.5 Å². The maximum absolute atomic E-state index is 11.7. The van der Waals surface area contributed by atoms with Crippen molar-refractivity contribution in [2.75, 3.05) is 13.2 Å². The molecule has 116 valence electrons. The summed E-state index contributed by atoms with van der Waals surface area (Å²) in [7, 11) is 0. The van der Waals surface area contributed by atoms with Crippen LogP contribution in [-0.2, 0) is 11.2 Å². The lowest BCUT2D eigenvalue weighted by Gasteiger charge is -2.08. The smallest absolute Gasteiger partial charge is 0.257 e. The van der Waals surface area contributed by atoms with Crippen LogP contribution in [0.15, 0.2) is 42.5 Å². The molecule has 0 spiro atoms. The zero-order valence-electron chi connectivity index (χ0n) is 11.8. The monoisotopic (exact) mass is 413 g/mol. The number of carbonyl (C=O) groups excluding carboxylic acids is 1. The summed E-state index contributed by atoms with van der Waals surface area (Å²) in [6.07, 6.45) is 0.559. The first-order valence-electron chi connectivity index (χ1n) is 6.70. The van der Waals surface area contributed by atoms with Gasteiger partial charge in [0.25, 0.3) is 5.91 Å². The molecule has 0 aliphatic carbocycles. The summed E-state index contributed by atoms with van der Waals surface area (Å²) < 4.78 is 6.48. The van der Waals surface area contributed by atoms with Crippen LogP contribution >= 0.6 is 22.6 Å². The van der Waals surface area contributed by atoms with Gasteiger partial charge in [-0.05, 0) is 71.0 Å². The van der Waals surface area contributed by atoms with Crippen molar-refractivity contribution in [3.8, 4) is 17.2 Å². The fourth-order valence-electron chi connectivity index (χ4n) is 1.80. The van der Waals surface area contributed by atoms with Crippen molar-refractivity contribution in [1.29, 1.82) is 0 Å². The van der Waals surface area contributed by atoms with Crippen LogP contribution in [0.25, 0.3) is 0 Å². The molecular formula is C16H16INO4. The number of hydrogen-bond acceptors (Lipinski definition) is 4. The average molecular weight is 413 g/mol. The number of aromatic hydroxyl groups is 2. The number of carbonyl (C=O) groups is 1. The molecule has 3 N–H and O–H groups in total. The highest BCUT2D eigenvalue weighted by atomic mass is 127. The first kappa shape index (κ1) is 16.4. The Labute approximate surface area is 142 Å². The molecule has 0 fully saturated rings. The molecule has 1 amide bonds. The number of halogens is 1. The minimum Gasteiger partial charge on any atom is -0.504 e. The van der Waals surface area contributed by atoms with Crippen molar-refractivity contribution in [2.24, 2.45) is 0 Å². The van der Waals surface area contributed by atoms with Crippen molar-refractivity contribution in [1.82, 2.24) is 5.32 Å². The number of nitrogens with one attached hydrogen (secondary N) is 1. The van der Waals surface area contributed by atoms with E-state index < -0.39 is 0 Å². The van der Waals surface area contributed by atoms with E-state index >= 15 is 0 Å². The topological polar surface area (TPSA) is 78.8 Å². The molecular weight excluding hydrogens is 397 g/mol. The Morgan fingerprint density at radius 2 is 1.82 bits per heavy atom. The van der Waals surface area contributed by atoms with Crippen molar-refractivity contribution in [3.63, 3.8) is 0 Å². The molecule has 0 saturated carbocycles. The third kappa shape index (κ3) is 5.10. The molecule has 0 saturated heterocycles. The molecule has 0 aliphatic rings. The van der Waals surface area contributed by atoms with Crippen LogP contribution in [0.4, 0.5) is 0 Å². The van der Waals surface area contributed by atoms with Gasteiger partial charge in [0.1, 0.15) is 5.75 Å². The number of hydrogen-bond donors (Lipinski definition) is 3. The second-order valence-corrected chi connectivity index (χ2v) is 5.91. The fourth-order valence-corrected chi connectivity index (χ4v) is 2.16. The summed E-state index contributed by atoms with van der Waals surface area (Å²) in [5.74, 6) is 0.130. The Balaban J connectivity index is 1.71. The van der Waals surface area contributed by atoms with Crippen molar-refractivity contribution < 1.29 is 19.7 Å². The fraction of sp³-hybridized carbons (Fsp3) is 0.188. The molecule has 0 atom stereocenters. The highest BCUT2D eigenvalue weighted by Crippen LogP contribution is 2.24. The van der Waals surface area contributed by atoms with Gasteiger partial charge in [0.2, 0.25) is 0 Å². The Morgan fingerprint density at radius 3 is 2.50 bits per heavy atom. The van der Waals surface area contributed by atoms with E-state index in [0.29, 0.717) is 18.7 Å². The molecule has 22 heavy (non-hydrogen) atoms. The van der Waals surface area contributed by atoms with Gasteiger partial charge in [-0.2, -0.15) is 0 Å². The number of phenols is 2. The van der Waals surface area contributed by atoms with Crippen molar-refractivity contribution in [2.45, 2.75) is 6.42 Å². The Morgan fingerprint density at radius 1 is 1.09 bits per heavy atom. The lowest BCUT2D eigenvalue weighted by molar-refractivity contribution is -0.123. The summed E-state index contributed by atoms with van der Waals surface area (Å²) in [4.78, 5) is 11.7. The molecule has 2 aromatic carbocycles. The zero-order valence-corrected chi connectivity index (χ0v) is 13.9. The number of phenolic OH excluding ortho intramolecular Hbond substituents is 2. The number of benzene rings is 2. The van der Waals surface area contributed by atoms with Crippen LogP contribution in [-0.4, -0.2) is 29.3 Å². The normalized spacial score (nSPS) is 10.2. The molecule has 0 aromatic heterocycles. The van der Waals surface area contributed by atoms with Gasteiger partial charge in [-0.15, -0.1) is 0 Å². The predicted octanol–water partition coefficient (Wildman–Crippen LogP) is 2.44. The van der Waals surface area contributed by atoms with E-state index in [9.17, 15) is 15.0 Å². The van der Waals surface area contributed by atoms with E-state index in [1.807, 2.05) is 24.3 Å². The summed E-state index contributed by atoms with van der Waals surface area (Å²) in [6, 6.07) is 12.0. The number of amides is 1. The summed E-state index contributed by atoms with van der Waals surface area (Å²) >= 11 is 2.20. The average Bonchev–Trinajstić information content (AvgIpc) is 2.50. The van der Waals surface area contributed by atoms with Gasteiger partial charge in [0, 0.05) is 10.1 Å². The molecule has 2 aromatic rings. The quantitative estimate of drug-likeness (QED) is 0.502. The van der Waals surface area contributed by atoms with E-state index in [4.69, 9.17) is 4.74 Å². The van der Waals surface area contributed by atoms with E-state index in [1.165, 1.54) is 12.1 Å². The van der Waals surface area contributed by atoms with Gasteiger partial charge in [-0.1, -0.05) is 6.07 Å². The van der Waals surface area contributed by atoms with Gasteiger partial charge < -0.3 is 20.3 Å². The standard InChI is InChI=1S/C16H16INO4/c17-12-2-4-13(5-3-12)22-10-16(21)18-8-7-11-1-6-14(19)15(20)9-11/h1-6,9,19-20H,7-8,10H2,(H,18,21). The number of rotatable bonds is 6. The first-order valence-corrected chi connectivity index (χ1v) is 7.78. The zero-order chi connectivity index (χ0) is 15.9. The van der Waals surface area contributed by atoms with Crippen molar-refractivity contribution in [3.05, 3.63) is 51.6 Å². The van der Waals surface area contributed by atoms with Crippen LogP contribution in [0.3, 0.4) is 0 Å². The minimum absolute atomic E-state index is 0.0403. The van der Waals surface area contributed by atoms with Crippen LogP contribution in [0.1, 0.15) is 5.56 Å². The summed E-state index contributed by atoms with van der Waals surface area (Å²) in [5.41, 5.74) is 0.828. The third-order valence-corrected chi connectivity index (χ3v) is 3.68. The van der Waals surface area contributed by atoms with Crippen LogP contribution in [0.2, 0.25) is 0 Å². The third-order valence-electron chi connectivity index (χ3n) is 2.96. The highest BCUT2D eigenvalue weighted by molar-refractivity contribution is 14.1. The molecule has 0 radical (unpaired) electrons. The lowest BCUT2D eigenvalue weighted by Crippen LogP contribution is -2.30. The highest BCUT2D eigenvalue weighted by Gasteiger charge is 2.04. The molecule has 6 heteroatoms. The molecule has 5 nitrogen and oxygen atoms in total.